The minimum absolute atomic E-state index is 0.129. The fourth-order valence-corrected chi connectivity index (χ4v) is 2.93. The highest BCUT2D eigenvalue weighted by molar-refractivity contribution is 5.82. The van der Waals surface area contributed by atoms with E-state index in [1.807, 2.05) is 43.8 Å². The van der Waals surface area contributed by atoms with E-state index in [0.717, 1.165) is 23.4 Å². The molecule has 4 heteroatoms. The van der Waals surface area contributed by atoms with E-state index >= 15 is 0 Å². The predicted molar refractivity (Wildman–Crippen MR) is 81.8 cm³/mol. The Morgan fingerprint density at radius 2 is 2.05 bits per heavy atom. The topological polar surface area (TPSA) is 46.9 Å². The SMILES string of the molecule is Cc1nn(C)c(C)c1CNC(=O)[C@H]1C[C@H]1c1ccccc1. The second kappa shape index (κ2) is 5.35. The summed E-state index contributed by atoms with van der Waals surface area (Å²) in [5.74, 6) is 0.679. The Balaban J connectivity index is 1.59. The first-order valence-corrected chi connectivity index (χ1v) is 7.39. The smallest absolute Gasteiger partial charge is 0.224 e. The molecule has 0 bridgehead atoms. The zero-order chi connectivity index (χ0) is 15.0. The van der Waals surface area contributed by atoms with Crippen molar-refractivity contribution in [3.63, 3.8) is 0 Å². The molecule has 1 heterocycles. The molecule has 1 aromatic heterocycles. The number of benzene rings is 1. The zero-order valence-electron chi connectivity index (χ0n) is 12.8. The first-order chi connectivity index (χ1) is 10.1. The van der Waals surface area contributed by atoms with E-state index in [2.05, 4.69) is 22.5 Å². The largest absolute Gasteiger partial charge is 0.352 e. The number of hydrogen-bond acceptors (Lipinski definition) is 2. The summed E-state index contributed by atoms with van der Waals surface area (Å²) in [7, 11) is 1.93. The van der Waals surface area contributed by atoms with Gasteiger partial charge < -0.3 is 5.32 Å². The number of nitrogens with zero attached hydrogens (tertiary/aromatic N) is 2. The summed E-state index contributed by atoms with van der Waals surface area (Å²) in [6.07, 6.45) is 0.959. The Hall–Kier alpha value is -2.10. The highest BCUT2D eigenvalue weighted by Crippen LogP contribution is 2.47. The molecule has 0 unspecified atom stereocenters. The second-order valence-electron chi connectivity index (χ2n) is 5.85. The lowest BCUT2D eigenvalue weighted by atomic mass is 10.1. The molecule has 1 amide bonds. The fraction of sp³-hybridized carbons (Fsp3) is 0.412. The van der Waals surface area contributed by atoms with Gasteiger partial charge in [0.1, 0.15) is 0 Å². The number of rotatable bonds is 4. The van der Waals surface area contributed by atoms with Gasteiger partial charge in [-0.1, -0.05) is 30.3 Å². The number of aryl methyl sites for hydroxylation is 2. The fourth-order valence-electron chi connectivity index (χ4n) is 2.93. The summed E-state index contributed by atoms with van der Waals surface area (Å²) in [6.45, 7) is 4.59. The van der Waals surface area contributed by atoms with Crippen LogP contribution in [0.4, 0.5) is 0 Å². The Kier molecular flexibility index (Phi) is 3.53. The number of amides is 1. The van der Waals surface area contributed by atoms with Crippen molar-refractivity contribution in [1.82, 2.24) is 15.1 Å². The lowest BCUT2D eigenvalue weighted by molar-refractivity contribution is -0.122. The molecule has 1 fully saturated rings. The van der Waals surface area contributed by atoms with Crippen molar-refractivity contribution in [2.24, 2.45) is 13.0 Å². The van der Waals surface area contributed by atoms with Gasteiger partial charge in [-0.3, -0.25) is 9.48 Å². The third kappa shape index (κ3) is 2.71. The van der Waals surface area contributed by atoms with Crippen molar-refractivity contribution in [3.05, 3.63) is 52.8 Å². The molecule has 0 spiro atoms. The molecule has 3 rings (SSSR count). The van der Waals surface area contributed by atoms with E-state index in [1.54, 1.807) is 0 Å². The first-order valence-electron chi connectivity index (χ1n) is 7.39. The molecule has 2 aromatic rings. The average molecular weight is 283 g/mol. The Bertz CT molecular complexity index is 660. The van der Waals surface area contributed by atoms with E-state index in [9.17, 15) is 4.79 Å². The predicted octanol–water partition coefficient (Wildman–Crippen LogP) is 2.46. The molecule has 1 N–H and O–H groups in total. The quantitative estimate of drug-likeness (QED) is 0.937. The molecule has 0 saturated heterocycles. The molecule has 4 nitrogen and oxygen atoms in total. The van der Waals surface area contributed by atoms with Crippen LogP contribution in [-0.4, -0.2) is 15.7 Å². The standard InChI is InChI=1S/C17H21N3O/c1-11-16(12(2)20(3)19-11)10-18-17(21)15-9-14(15)13-7-5-4-6-8-13/h4-8,14-15H,9-10H2,1-3H3,(H,18,21)/t14-,15-/m0/s1. The number of aromatic nitrogens is 2. The van der Waals surface area contributed by atoms with Crippen LogP contribution < -0.4 is 5.32 Å². The van der Waals surface area contributed by atoms with E-state index in [0.29, 0.717) is 12.5 Å². The molecular formula is C17H21N3O. The van der Waals surface area contributed by atoms with Crippen LogP contribution >= 0.6 is 0 Å². The van der Waals surface area contributed by atoms with Crippen LogP contribution in [0.3, 0.4) is 0 Å². The highest BCUT2D eigenvalue weighted by atomic mass is 16.2. The third-order valence-corrected chi connectivity index (χ3v) is 4.45. The Labute approximate surface area is 125 Å². The third-order valence-electron chi connectivity index (χ3n) is 4.45. The van der Waals surface area contributed by atoms with Gasteiger partial charge in [0.2, 0.25) is 5.91 Å². The summed E-state index contributed by atoms with van der Waals surface area (Å²) >= 11 is 0. The van der Waals surface area contributed by atoms with Crippen molar-refractivity contribution in [1.29, 1.82) is 0 Å². The van der Waals surface area contributed by atoms with Gasteiger partial charge in [-0.15, -0.1) is 0 Å². The van der Waals surface area contributed by atoms with Gasteiger partial charge in [-0.25, -0.2) is 0 Å². The van der Waals surface area contributed by atoms with E-state index < -0.39 is 0 Å². The summed E-state index contributed by atoms with van der Waals surface area (Å²) in [5, 5.41) is 7.44. The molecule has 1 aliphatic rings. The van der Waals surface area contributed by atoms with Gasteiger partial charge in [0, 0.05) is 30.8 Å². The zero-order valence-corrected chi connectivity index (χ0v) is 12.8. The maximum atomic E-state index is 12.3. The number of hydrogen-bond donors (Lipinski definition) is 1. The van der Waals surface area contributed by atoms with E-state index in [4.69, 9.17) is 0 Å². The lowest BCUT2D eigenvalue weighted by Crippen LogP contribution is -2.25. The molecular weight excluding hydrogens is 262 g/mol. The van der Waals surface area contributed by atoms with Gasteiger partial charge in [-0.05, 0) is 31.7 Å². The molecule has 2 atom stereocenters. The average Bonchev–Trinajstić information content (AvgIpc) is 3.24. The van der Waals surface area contributed by atoms with Crippen LogP contribution in [-0.2, 0) is 18.4 Å². The summed E-state index contributed by atoms with van der Waals surface area (Å²) < 4.78 is 1.86. The maximum Gasteiger partial charge on any atom is 0.224 e. The van der Waals surface area contributed by atoms with E-state index in [-0.39, 0.29) is 11.8 Å². The van der Waals surface area contributed by atoms with Crippen molar-refractivity contribution >= 4 is 5.91 Å². The first kappa shape index (κ1) is 13.9. The molecule has 1 aliphatic carbocycles. The molecule has 21 heavy (non-hydrogen) atoms. The Morgan fingerprint density at radius 3 is 2.67 bits per heavy atom. The van der Waals surface area contributed by atoms with Gasteiger partial charge in [0.25, 0.3) is 0 Å². The van der Waals surface area contributed by atoms with Gasteiger partial charge >= 0.3 is 0 Å². The van der Waals surface area contributed by atoms with Crippen LogP contribution in [0, 0.1) is 19.8 Å². The number of carbonyl (C=O) groups is 1. The van der Waals surface area contributed by atoms with Crippen LogP contribution in [0.15, 0.2) is 30.3 Å². The lowest BCUT2D eigenvalue weighted by Gasteiger charge is -2.06. The monoisotopic (exact) mass is 283 g/mol. The molecule has 0 aliphatic heterocycles. The van der Waals surface area contributed by atoms with Crippen molar-refractivity contribution in [2.75, 3.05) is 0 Å². The second-order valence-corrected chi connectivity index (χ2v) is 5.85. The van der Waals surface area contributed by atoms with Gasteiger partial charge in [0.05, 0.1) is 5.69 Å². The van der Waals surface area contributed by atoms with Crippen LogP contribution in [0.25, 0.3) is 0 Å². The Morgan fingerprint density at radius 1 is 1.33 bits per heavy atom. The molecule has 110 valence electrons. The minimum Gasteiger partial charge on any atom is -0.352 e. The van der Waals surface area contributed by atoms with Crippen molar-refractivity contribution in [3.8, 4) is 0 Å². The molecule has 1 saturated carbocycles. The maximum absolute atomic E-state index is 12.3. The molecule has 0 radical (unpaired) electrons. The highest BCUT2D eigenvalue weighted by Gasteiger charge is 2.43. The van der Waals surface area contributed by atoms with E-state index in [1.165, 1.54) is 5.56 Å². The van der Waals surface area contributed by atoms with Gasteiger partial charge in [-0.2, -0.15) is 5.10 Å². The van der Waals surface area contributed by atoms with Gasteiger partial charge in [0.15, 0.2) is 0 Å². The molecule has 1 aromatic carbocycles. The summed E-state index contributed by atoms with van der Waals surface area (Å²) in [6, 6.07) is 10.3. The normalized spacial score (nSPS) is 20.3. The van der Waals surface area contributed by atoms with Crippen molar-refractivity contribution < 1.29 is 4.79 Å². The van der Waals surface area contributed by atoms with Crippen LogP contribution in [0.1, 0.15) is 34.9 Å². The summed E-state index contributed by atoms with van der Waals surface area (Å²) in [4.78, 5) is 12.3. The van der Waals surface area contributed by atoms with Crippen LogP contribution in [0.2, 0.25) is 0 Å². The summed E-state index contributed by atoms with van der Waals surface area (Å²) in [5.41, 5.74) is 4.50. The van der Waals surface area contributed by atoms with Crippen molar-refractivity contribution in [2.45, 2.75) is 32.7 Å². The minimum atomic E-state index is 0.129. The van der Waals surface area contributed by atoms with Crippen LogP contribution in [0.5, 0.6) is 0 Å². The number of carbonyl (C=O) groups excluding carboxylic acids is 1. The number of nitrogens with one attached hydrogen (secondary N) is 1.